The molecule has 20 heavy (non-hydrogen) atoms. The molecule has 0 bridgehead atoms. The highest BCUT2D eigenvalue weighted by Gasteiger charge is 2.11. The molecule has 0 saturated heterocycles. The van der Waals surface area contributed by atoms with E-state index >= 15 is 0 Å². The average molecular weight is 294 g/mol. The van der Waals surface area contributed by atoms with Gasteiger partial charge in [-0.05, 0) is 37.3 Å². The molecule has 106 valence electrons. The standard InChI is InChI=1S/C13H14N2O4S/c1-9-12(7-8-19-9)13(16)14-10-3-5-11(6-4-10)15-20(2,17)18/h3-8,15H,1-2H3,(H,14,16). The Kier molecular flexibility index (Phi) is 3.80. The Hall–Kier alpha value is -2.28. The third-order valence-electron chi connectivity index (χ3n) is 2.55. The molecular formula is C13H14N2O4S. The Bertz CT molecular complexity index is 717. The summed E-state index contributed by atoms with van der Waals surface area (Å²) in [4.78, 5) is 11.9. The molecule has 0 radical (unpaired) electrons. The Morgan fingerprint density at radius 3 is 2.20 bits per heavy atom. The molecule has 1 heterocycles. The highest BCUT2D eigenvalue weighted by atomic mass is 32.2. The van der Waals surface area contributed by atoms with Gasteiger partial charge in [0.05, 0.1) is 18.1 Å². The van der Waals surface area contributed by atoms with E-state index in [1.807, 2.05) is 0 Å². The third kappa shape index (κ3) is 3.61. The first kappa shape index (κ1) is 14.1. The molecule has 1 amide bonds. The highest BCUT2D eigenvalue weighted by molar-refractivity contribution is 7.92. The summed E-state index contributed by atoms with van der Waals surface area (Å²) in [6, 6.07) is 7.95. The van der Waals surface area contributed by atoms with Crippen LogP contribution in [-0.4, -0.2) is 20.6 Å². The molecule has 0 saturated carbocycles. The summed E-state index contributed by atoms with van der Waals surface area (Å²) in [6.07, 6.45) is 2.52. The maximum absolute atomic E-state index is 11.9. The molecule has 6 nitrogen and oxygen atoms in total. The van der Waals surface area contributed by atoms with Crippen molar-refractivity contribution in [2.24, 2.45) is 0 Å². The lowest BCUT2D eigenvalue weighted by molar-refractivity contribution is 0.102. The summed E-state index contributed by atoms with van der Waals surface area (Å²) in [5, 5.41) is 2.70. The van der Waals surface area contributed by atoms with E-state index in [0.29, 0.717) is 22.7 Å². The van der Waals surface area contributed by atoms with Crippen molar-refractivity contribution in [1.29, 1.82) is 0 Å². The predicted molar refractivity (Wildman–Crippen MR) is 76.3 cm³/mol. The second kappa shape index (κ2) is 5.38. The number of rotatable bonds is 4. The van der Waals surface area contributed by atoms with Gasteiger partial charge in [0.15, 0.2) is 0 Å². The van der Waals surface area contributed by atoms with Crippen LogP contribution >= 0.6 is 0 Å². The van der Waals surface area contributed by atoms with Crippen molar-refractivity contribution in [3.8, 4) is 0 Å². The lowest BCUT2D eigenvalue weighted by Gasteiger charge is -2.07. The van der Waals surface area contributed by atoms with Crippen molar-refractivity contribution in [1.82, 2.24) is 0 Å². The number of amides is 1. The summed E-state index contributed by atoms with van der Waals surface area (Å²) >= 11 is 0. The van der Waals surface area contributed by atoms with Crippen LogP contribution in [0.3, 0.4) is 0 Å². The van der Waals surface area contributed by atoms with Crippen molar-refractivity contribution in [3.63, 3.8) is 0 Å². The van der Waals surface area contributed by atoms with Crippen LogP contribution in [-0.2, 0) is 10.0 Å². The van der Waals surface area contributed by atoms with Gasteiger partial charge in [0, 0.05) is 11.4 Å². The molecule has 0 aliphatic rings. The SMILES string of the molecule is Cc1occc1C(=O)Nc1ccc(NS(C)(=O)=O)cc1. The van der Waals surface area contributed by atoms with E-state index in [-0.39, 0.29) is 5.91 Å². The molecule has 0 spiro atoms. The minimum Gasteiger partial charge on any atom is -0.469 e. The second-order valence-electron chi connectivity index (χ2n) is 4.30. The molecule has 2 N–H and O–H groups in total. The first-order valence-corrected chi connectivity index (χ1v) is 7.67. The lowest BCUT2D eigenvalue weighted by Crippen LogP contribution is -2.12. The molecule has 7 heteroatoms. The Morgan fingerprint density at radius 1 is 1.10 bits per heavy atom. The van der Waals surface area contributed by atoms with Gasteiger partial charge in [-0.1, -0.05) is 0 Å². The Balaban J connectivity index is 2.08. The molecular weight excluding hydrogens is 280 g/mol. The molecule has 1 aromatic heterocycles. The fourth-order valence-electron chi connectivity index (χ4n) is 1.65. The fraction of sp³-hybridized carbons (Fsp3) is 0.154. The van der Waals surface area contributed by atoms with Gasteiger partial charge in [-0.25, -0.2) is 8.42 Å². The van der Waals surface area contributed by atoms with Gasteiger partial charge in [-0.2, -0.15) is 0 Å². The summed E-state index contributed by atoms with van der Waals surface area (Å²) in [7, 11) is -3.30. The van der Waals surface area contributed by atoms with Crippen LogP contribution in [0.25, 0.3) is 0 Å². The number of hydrogen-bond acceptors (Lipinski definition) is 4. The van der Waals surface area contributed by atoms with Crippen LogP contribution in [0, 0.1) is 6.92 Å². The van der Waals surface area contributed by atoms with Crippen LogP contribution in [0.2, 0.25) is 0 Å². The minimum atomic E-state index is -3.30. The number of hydrogen-bond donors (Lipinski definition) is 2. The monoisotopic (exact) mass is 294 g/mol. The largest absolute Gasteiger partial charge is 0.469 e. The van der Waals surface area contributed by atoms with Crippen LogP contribution in [0.15, 0.2) is 41.0 Å². The number of carbonyl (C=O) groups excluding carboxylic acids is 1. The van der Waals surface area contributed by atoms with E-state index < -0.39 is 10.0 Å². The highest BCUT2D eigenvalue weighted by Crippen LogP contribution is 2.16. The van der Waals surface area contributed by atoms with Crippen molar-refractivity contribution in [3.05, 3.63) is 47.9 Å². The number of carbonyl (C=O) groups is 1. The topological polar surface area (TPSA) is 88.4 Å². The number of anilines is 2. The smallest absolute Gasteiger partial charge is 0.259 e. The minimum absolute atomic E-state index is 0.278. The number of nitrogens with one attached hydrogen (secondary N) is 2. The second-order valence-corrected chi connectivity index (χ2v) is 6.04. The molecule has 0 unspecified atom stereocenters. The van der Waals surface area contributed by atoms with Crippen molar-refractivity contribution in [2.45, 2.75) is 6.92 Å². The normalized spacial score (nSPS) is 11.1. The van der Waals surface area contributed by atoms with Crippen LogP contribution in [0.1, 0.15) is 16.1 Å². The summed E-state index contributed by atoms with van der Waals surface area (Å²) in [6.45, 7) is 1.70. The van der Waals surface area contributed by atoms with Gasteiger partial charge in [-0.15, -0.1) is 0 Å². The summed E-state index contributed by atoms with van der Waals surface area (Å²) in [5.74, 6) is 0.262. The molecule has 2 aromatic rings. The first-order chi connectivity index (χ1) is 9.35. The zero-order valence-corrected chi connectivity index (χ0v) is 11.8. The maximum atomic E-state index is 11.9. The van der Waals surface area contributed by atoms with Crippen LogP contribution < -0.4 is 10.0 Å². The number of sulfonamides is 1. The van der Waals surface area contributed by atoms with Gasteiger partial charge < -0.3 is 9.73 Å². The number of aryl methyl sites for hydroxylation is 1. The van der Waals surface area contributed by atoms with Gasteiger partial charge in [0.1, 0.15) is 5.76 Å². The zero-order valence-electron chi connectivity index (χ0n) is 11.0. The van der Waals surface area contributed by atoms with Gasteiger partial charge in [0.25, 0.3) is 5.91 Å². The first-order valence-electron chi connectivity index (χ1n) is 5.78. The zero-order chi connectivity index (χ0) is 14.8. The van der Waals surface area contributed by atoms with E-state index in [1.165, 1.54) is 6.26 Å². The molecule has 1 aromatic carbocycles. The quantitative estimate of drug-likeness (QED) is 0.905. The Morgan fingerprint density at radius 2 is 1.70 bits per heavy atom. The third-order valence-corrected chi connectivity index (χ3v) is 3.16. The number of furan rings is 1. The molecule has 0 aliphatic heterocycles. The van der Waals surface area contributed by atoms with Crippen molar-refractivity contribution in [2.75, 3.05) is 16.3 Å². The van der Waals surface area contributed by atoms with Crippen molar-refractivity contribution >= 4 is 27.3 Å². The molecule has 2 rings (SSSR count). The Labute approximate surface area is 116 Å². The maximum Gasteiger partial charge on any atom is 0.259 e. The average Bonchev–Trinajstić information content (AvgIpc) is 2.76. The van der Waals surface area contributed by atoms with Crippen LogP contribution in [0.5, 0.6) is 0 Å². The van der Waals surface area contributed by atoms with E-state index in [9.17, 15) is 13.2 Å². The van der Waals surface area contributed by atoms with E-state index in [1.54, 1.807) is 37.3 Å². The van der Waals surface area contributed by atoms with Crippen LogP contribution in [0.4, 0.5) is 11.4 Å². The van der Waals surface area contributed by atoms with Gasteiger partial charge >= 0.3 is 0 Å². The number of benzene rings is 1. The van der Waals surface area contributed by atoms with E-state index in [0.717, 1.165) is 6.26 Å². The fourth-order valence-corrected chi connectivity index (χ4v) is 2.22. The van der Waals surface area contributed by atoms with Gasteiger partial charge in [-0.3, -0.25) is 9.52 Å². The van der Waals surface area contributed by atoms with E-state index in [4.69, 9.17) is 4.42 Å². The summed E-state index contributed by atoms with van der Waals surface area (Å²) in [5.41, 5.74) is 1.46. The van der Waals surface area contributed by atoms with E-state index in [2.05, 4.69) is 10.0 Å². The van der Waals surface area contributed by atoms with Gasteiger partial charge in [0.2, 0.25) is 10.0 Å². The lowest BCUT2D eigenvalue weighted by atomic mass is 10.2. The molecule has 0 aliphatic carbocycles. The molecule has 0 atom stereocenters. The predicted octanol–water partition coefficient (Wildman–Crippen LogP) is 2.21. The summed E-state index contributed by atoms with van der Waals surface area (Å²) < 4.78 is 29.5. The molecule has 0 fully saturated rings. The van der Waals surface area contributed by atoms with Crippen molar-refractivity contribution < 1.29 is 17.6 Å².